The van der Waals surface area contributed by atoms with E-state index < -0.39 is 0 Å². The van der Waals surface area contributed by atoms with Gasteiger partial charge in [0, 0.05) is 5.69 Å². The monoisotopic (exact) mass is 321 g/mol. The number of hydrogen-bond donors (Lipinski definition) is 1. The molecule has 3 aromatic rings. The summed E-state index contributed by atoms with van der Waals surface area (Å²) in [5.74, 6) is 0.943. The van der Waals surface area contributed by atoms with Crippen LogP contribution in [0.2, 0.25) is 0 Å². The van der Waals surface area contributed by atoms with Crippen molar-refractivity contribution in [3.8, 4) is 11.9 Å². The molecule has 1 N–H and O–H groups in total. The molecule has 2 aromatic carbocycles. The summed E-state index contributed by atoms with van der Waals surface area (Å²) in [6.45, 7) is 1.99. The number of amidine groups is 1. The van der Waals surface area contributed by atoms with Gasteiger partial charge in [-0.1, -0.05) is 23.9 Å². The van der Waals surface area contributed by atoms with Crippen LogP contribution in [0.4, 0.5) is 5.69 Å². The van der Waals surface area contributed by atoms with Crippen molar-refractivity contribution in [1.82, 2.24) is 14.9 Å². The number of aliphatic imine (C=N–C) groups is 1. The van der Waals surface area contributed by atoms with E-state index in [4.69, 9.17) is 5.26 Å². The molecule has 0 saturated heterocycles. The number of benzene rings is 2. The van der Waals surface area contributed by atoms with Crippen LogP contribution in [0.15, 0.2) is 53.5 Å². The molecule has 1 heterocycles. The number of aromatic nitrogens is 2. The van der Waals surface area contributed by atoms with E-state index in [-0.39, 0.29) is 0 Å². The van der Waals surface area contributed by atoms with Crippen molar-refractivity contribution >= 4 is 33.7 Å². The lowest BCUT2D eigenvalue weighted by Gasteiger charge is -2.07. The van der Waals surface area contributed by atoms with Gasteiger partial charge in [-0.2, -0.15) is 5.26 Å². The quantitative estimate of drug-likeness (QED) is 0.338. The number of fused-ring (bicyclic) bond motifs is 1. The zero-order chi connectivity index (χ0) is 16.2. The molecule has 114 valence electrons. The molecule has 0 amide bonds. The zero-order valence-electron chi connectivity index (χ0n) is 12.8. The Morgan fingerprint density at radius 1 is 1.22 bits per heavy atom. The average Bonchev–Trinajstić information content (AvgIpc) is 2.91. The van der Waals surface area contributed by atoms with E-state index >= 15 is 0 Å². The van der Waals surface area contributed by atoms with Gasteiger partial charge in [0.15, 0.2) is 11.4 Å². The Kier molecular flexibility index (Phi) is 4.31. The van der Waals surface area contributed by atoms with Gasteiger partial charge in [-0.05, 0) is 49.6 Å². The highest BCUT2D eigenvalue weighted by molar-refractivity contribution is 8.13. The van der Waals surface area contributed by atoms with Crippen molar-refractivity contribution in [1.29, 1.82) is 5.26 Å². The molecule has 6 heteroatoms. The van der Waals surface area contributed by atoms with Gasteiger partial charge in [0.05, 0.1) is 16.7 Å². The molecular weight excluding hydrogens is 306 g/mol. The fourth-order valence-electron chi connectivity index (χ4n) is 2.44. The average molecular weight is 321 g/mol. The number of thioether (sulfide) groups is 1. The Balaban J connectivity index is 1.99. The topological polar surface area (TPSA) is 66.0 Å². The van der Waals surface area contributed by atoms with Crippen molar-refractivity contribution in [2.45, 2.75) is 6.92 Å². The summed E-state index contributed by atoms with van der Waals surface area (Å²) >= 11 is 1.40. The summed E-state index contributed by atoms with van der Waals surface area (Å²) in [6.07, 6.45) is 3.76. The first-order valence-corrected chi connectivity index (χ1v) is 8.27. The number of imidazole rings is 1. The maximum atomic E-state index is 8.68. The molecule has 0 saturated carbocycles. The lowest BCUT2D eigenvalue weighted by molar-refractivity contribution is 1.00. The Bertz CT molecular complexity index is 903. The molecule has 0 unspecified atom stereocenters. The Morgan fingerprint density at radius 2 is 1.96 bits per heavy atom. The molecule has 0 radical (unpaired) electrons. The standard InChI is InChI=1S/C17H15N5S/c1-12-20-15-5-3-4-6-16(15)22(12)14-9-7-13(8-10-14)21-17(23-2)19-11-18/h3-10H,1-2H3,(H,19,21). The normalized spacial score (nSPS) is 11.4. The minimum Gasteiger partial charge on any atom is -0.297 e. The number of para-hydroxylation sites is 2. The van der Waals surface area contributed by atoms with Gasteiger partial charge in [-0.25, -0.2) is 9.98 Å². The summed E-state index contributed by atoms with van der Waals surface area (Å²) in [6, 6.07) is 15.9. The second kappa shape index (κ2) is 6.55. The van der Waals surface area contributed by atoms with Crippen LogP contribution >= 0.6 is 11.8 Å². The lowest BCUT2D eigenvalue weighted by atomic mass is 10.2. The van der Waals surface area contributed by atoms with Gasteiger partial charge < -0.3 is 0 Å². The molecule has 0 spiro atoms. The Labute approximate surface area is 138 Å². The molecule has 1 aromatic heterocycles. The summed E-state index contributed by atoms with van der Waals surface area (Å²) in [7, 11) is 0. The summed E-state index contributed by atoms with van der Waals surface area (Å²) < 4.78 is 2.12. The first-order valence-electron chi connectivity index (χ1n) is 7.05. The van der Waals surface area contributed by atoms with Gasteiger partial charge in [-0.15, -0.1) is 0 Å². The molecule has 0 aliphatic rings. The highest BCUT2D eigenvalue weighted by Crippen LogP contribution is 2.23. The largest absolute Gasteiger partial charge is 0.297 e. The molecule has 3 rings (SSSR count). The summed E-state index contributed by atoms with van der Waals surface area (Å²) in [5, 5.41) is 11.8. The van der Waals surface area contributed by atoms with E-state index in [1.54, 1.807) is 0 Å². The fourth-order valence-corrected chi connectivity index (χ4v) is 2.78. The second-order valence-electron chi connectivity index (χ2n) is 4.86. The van der Waals surface area contributed by atoms with Gasteiger partial charge in [0.1, 0.15) is 5.82 Å². The predicted molar refractivity (Wildman–Crippen MR) is 95.2 cm³/mol. The predicted octanol–water partition coefficient (Wildman–Crippen LogP) is 3.76. The van der Waals surface area contributed by atoms with E-state index in [0.717, 1.165) is 28.2 Å². The Morgan fingerprint density at radius 3 is 2.65 bits per heavy atom. The minimum absolute atomic E-state index is 0.574. The van der Waals surface area contributed by atoms with E-state index in [2.05, 4.69) is 25.9 Å². The van der Waals surface area contributed by atoms with Crippen molar-refractivity contribution in [2.75, 3.05) is 6.26 Å². The van der Waals surface area contributed by atoms with Crippen LogP contribution in [0.25, 0.3) is 16.7 Å². The highest BCUT2D eigenvalue weighted by Gasteiger charge is 2.08. The van der Waals surface area contributed by atoms with Gasteiger partial charge in [0.2, 0.25) is 0 Å². The minimum atomic E-state index is 0.574. The molecule has 5 nitrogen and oxygen atoms in total. The maximum Gasteiger partial charge on any atom is 0.183 e. The van der Waals surface area contributed by atoms with Crippen LogP contribution in [0.5, 0.6) is 0 Å². The molecule has 0 aliphatic carbocycles. The molecule has 0 fully saturated rings. The third kappa shape index (κ3) is 3.05. The second-order valence-corrected chi connectivity index (χ2v) is 5.65. The van der Waals surface area contributed by atoms with Crippen molar-refractivity contribution in [3.05, 3.63) is 54.4 Å². The first-order chi connectivity index (χ1) is 11.2. The van der Waals surface area contributed by atoms with Crippen molar-refractivity contribution < 1.29 is 0 Å². The number of nitriles is 1. The Hall–Kier alpha value is -2.78. The van der Waals surface area contributed by atoms with Crippen molar-refractivity contribution in [3.63, 3.8) is 0 Å². The maximum absolute atomic E-state index is 8.68. The number of nitrogens with zero attached hydrogens (tertiary/aromatic N) is 4. The molecule has 0 atom stereocenters. The van der Waals surface area contributed by atoms with E-state index in [9.17, 15) is 0 Å². The SMILES string of the molecule is CSC(=Nc1ccc(-n2c(C)nc3ccccc32)cc1)NC#N. The van der Waals surface area contributed by atoms with E-state index in [1.165, 1.54) is 11.8 Å². The van der Waals surface area contributed by atoms with Crippen molar-refractivity contribution in [2.24, 2.45) is 4.99 Å². The summed E-state index contributed by atoms with van der Waals surface area (Å²) in [4.78, 5) is 8.98. The van der Waals surface area contributed by atoms with Crippen LogP contribution in [0.3, 0.4) is 0 Å². The lowest BCUT2D eigenvalue weighted by Crippen LogP contribution is -2.12. The van der Waals surface area contributed by atoms with Gasteiger partial charge >= 0.3 is 0 Å². The van der Waals surface area contributed by atoms with Crippen LogP contribution in [0.1, 0.15) is 5.82 Å². The number of aryl methyl sites for hydroxylation is 1. The highest BCUT2D eigenvalue weighted by atomic mass is 32.2. The van der Waals surface area contributed by atoms with Crippen LogP contribution < -0.4 is 5.32 Å². The number of rotatable bonds is 2. The smallest absolute Gasteiger partial charge is 0.183 e. The first kappa shape index (κ1) is 15.1. The third-order valence-corrected chi connectivity index (χ3v) is 4.00. The van der Waals surface area contributed by atoms with Crippen LogP contribution in [-0.4, -0.2) is 21.0 Å². The van der Waals surface area contributed by atoms with E-state index in [0.29, 0.717) is 5.17 Å². The zero-order valence-corrected chi connectivity index (χ0v) is 13.6. The van der Waals surface area contributed by atoms with Gasteiger partial charge in [0.25, 0.3) is 0 Å². The fraction of sp³-hybridized carbons (Fsp3) is 0.118. The number of nitrogens with one attached hydrogen (secondary N) is 1. The van der Waals surface area contributed by atoms with Crippen LogP contribution in [0, 0.1) is 18.4 Å². The summed E-state index contributed by atoms with van der Waals surface area (Å²) in [5.41, 5.74) is 3.89. The molecular formula is C17H15N5S. The molecule has 0 bridgehead atoms. The van der Waals surface area contributed by atoms with E-state index in [1.807, 2.05) is 61.8 Å². The number of hydrogen-bond acceptors (Lipinski definition) is 4. The molecule has 0 aliphatic heterocycles. The van der Waals surface area contributed by atoms with Crippen LogP contribution in [-0.2, 0) is 0 Å². The van der Waals surface area contributed by atoms with Gasteiger partial charge in [-0.3, -0.25) is 9.88 Å². The molecule has 23 heavy (non-hydrogen) atoms. The third-order valence-electron chi connectivity index (χ3n) is 3.42.